The molecule has 0 spiro atoms. The fourth-order valence-electron chi connectivity index (χ4n) is 1.81. The normalized spacial score (nSPS) is 10.2. The molecule has 0 aliphatic rings. The van der Waals surface area contributed by atoms with Gasteiger partial charge in [0.2, 0.25) is 6.33 Å². The van der Waals surface area contributed by atoms with Crippen LogP contribution < -0.4 is 15.4 Å². The lowest BCUT2D eigenvalue weighted by Crippen LogP contribution is -2.29. The van der Waals surface area contributed by atoms with Gasteiger partial charge in [0.15, 0.2) is 0 Å². The number of nitro groups is 1. The van der Waals surface area contributed by atoms with Crippen LogP contribution in [0.15, 0.2) is 30.6 Å². The summed E-state index contributed by atoms with van der Waals surface area (Å²) in [5.41, 5.74) is 0.515. The topological polar surface area (TPSA) is 111 Å². The number of nitrogens with one attached hydrogen (secondary N) is 2. The second kappa shape index (κ2) is 7.25. The molecule has 2 rings (SSSR count). The zero-order valence-corrected chi connectivity index (χ0v) is 12.8. The third-order valence-corrected chi connectivity index (χ3v) is 2.88. The smallest absolute Gasteiger partial charge is 0.427 e. The minimum atomic E-state index is -0.615. The Labute approximate surface area is 132 Å². The molecular formula is C14H17N5O4. The Bertz CT molecular complexity index is 713. The van der Waals surface area contributed by atoms with E-state index < -0.39 is 4.92 Å². The molecule has 9 heteroatoms. The Kier molecular flexibility index (Phi) is 5.13. The van der Waals surface area contributed by atoms with E-state index in [2.05, 4.69) is 15.6 Å². The highest BCUT2D eigenvalue weighted by molar-refractivity contribution is 5.89. The number of hydrogen-bond donors (Lipinski definition) is 2. The molecule has 1 aromatic carbocycles. The number of imidazole rings is 1. The number of rotatable bonds is 6. The van der Waals surface area contributed by atoms with Gasteiger partial charge in [-0.1, -0.05) is 13.0 Å². The number of hydrogen-bond acceptors (Lipinski definition) is 5. The van der Waals surface area contributed by atoms with Crippen molar-refractivity contribution in [2.45, 2.75) is 13.3 Å². The van der Waals surface area contributed by atoms with Crippen molar-refractivity contribution in [3.8, 4) is 11.6 Å². The molecule has 122 valence electrons. The monoisotopic (exact) mass is 319 g/mol. The first kappa shape index (κ1) is 16.3. The summed E-state index contributed by atoms with van der Waals surface area (Å²) in [5.74, 6) is -0.000808. The van der Waals surface area contributed by atoms with Gasteiger partial charge in [0.05, 0.1) is 0 Å². The van der Waals surface area contributed by atoms with Crippen molar-refractivity contribution in [3.05, 3.63) is 40.7 Å². The Morgan fingerprint density at radius 1 is 1.48 bits per heavy atom. The van der Waals surface area contributed by atoms with E-state index in [0.29, 0.717) is 18.0 Å². The van der Waals surface area contributed by atoms with Gasteiger partial charge < -0.3 is 25.5 Å². The van der Waals surface area contributed by atoms with Gasteiger partial charge in [0.1, 0.15) is 5.75 Å². The van der Waals surface area contributed by atoms with Crippen molar-refractivity contribution in [2.75, 3.05) is 11.9 Å². The molecule has 0 saturated carbocycles. The molecule has 0 saturated heterocycles. The van der Waals surface area contributed by atoms with E-state index in [-0.39, 0.29) is 17.7 Å². The zero-order chi connectivity index (χ0) is 16.8. The summed E-state index contributed by atoms with van der Waals surface area (Å²) in [4.78, 5) is 25.6. The fourth-order valence-corrected chi connectivity index (χ4v) is 1.81. The number of benzene rings is 1. The van der Waals surface area contributed by atoms with Gasteiger partial charge in [0, 0.05) is 25.3 Å². The minimum Gasteiger partial charge on any atom is -0.434 e. The van der Waals surface area contributed by atoms with E-state index in [0.717, 1.165) is 6.42 Å². The minimum absolute atomic E-state index is 0.0163. The van der Waals surface area contributed by atoms with Crippen LogP contribution in [0, 0.1) is 10.1 Å². The molecule has 1 aromatic heterocycles. The molecule has 2 aromatic rings. The first-order chi connectivity index (χ1) is 11.0. The molecule has 0 atom stereocenters. The third kappa shape index (κ3) is 4.19. The molecule has 0 unspecified atom stereocenters. The summed E-state index contributed by atoms with van der Waals surface area (Å²) in [6.45, 7) is 2.53. The molecule has 0 fully saturated rings. The van der Waals surface area contributed by atoms with E-state index in [1.165, 1.54) is 10.9 Å². The lowest BCUT2D eigenvalue weighted by molar-refractivity contribution is -0.390. The molecule has 2 N–H and O–H groups in total. The number of nitrogens with zero attached hydrogens (tertiary/aromatic N) is 3. The average molecular weight is 319 g/mol. The predicted octanol–water partition coefficient (Wildman–Crippen LogP) is 2.65. The van der Waals surface area contributed by atoms with E-state index in [1.54, 1.807) is 31.3 Å². The SMILES string of the molecule is CCCNC(=O)Nc1cccc(Oc2c([N+](=O)[O-])ncn2C)c1. The Morgan fingerprint density at radius 3 is 2.96 bits per heavy atom. The number of aryl methyl sites for hydroxylation is 1. The van der Waals surface area contributed by atoms with Gasteiger partial charge >= 0.3 is 17.7 Å². The van der Waals surface area contributed by atoms with E-state index >= 15 is 0 Å². The van der Waals surface area contributed by atoms with Crippen molar-refractivity contribution >= 4 is 17.5 Å². The van der Waals surface area contributed by atoms with Gasteiger partial charge in [-0.05, 0) is 28.5 Å². The summed E-state index contributed by atoms with van der Waals surface area (Å²) in [5, 5.41) is 16.3. The summed E-state index contributed by atoms with van der Waals surface area (Å²) in [7, 11) is 1.59. The van der Waals surface area contributed by atoms with E-state index in [9.17, 15) is 14.9 Å². The predicted molar refractivity (Wildman–Crippen MR) is 83.7 cm³/mol. The largest absolute Gasteiger partial charge is 0.434 e. The van der Waals surface area contributed by atoms with Crippen LogP contribution in [0.4, 0.5) is 16.3 Å². The molecule has 0 aliphatic carbocycles. The van der Waals surface area contributed by atoms with Gasteiger partial charge in [-0.3, -0.25) is 4.57 Å². The molecule has 0 aliphatic heterocycles. The molecule has 0 bridgehead atoms. The standard InChI is InChI=1S/C14H17N5O4/c1-3-7-15-14(20)17-10-5-4-6-11(8-10)23-13-12(19(21)22)16-9-18(13)2/h4-6,8-9H,3,7H2,1-2H3,(H2,15,17,20). The maximum atomic E-state index is 11.6. The second-order valence-corrected chi connectivity index (χ2v) is 4.75. The number of aromatic nitrogens is 2. The van der Waals surface area contributed by atoms with Crippen LogP contribution in [0.3, 0.4) is 0 Å². The van der Waals surface area contributed by atoms with Crippen molar-refractivity contribution in [2.24, 2.45) is 7.05 Å². The highest BCUT2D eigenvalue weighted by Crippen LogP contribution is 2.30. The van der Waals surface area contributed by atoms with E-state index in [1.807, 2.05) is 6.92 Å². The number of urea groups is 1. The van der Waals surface area contributed by atoms with Crippen molar-refractivity contribution in [3.63, 3.8) is 0 Å². The lowest BCUT2D eigenvalue weighted by Gasteiger charge is -2.09. The quantitative estimate of drug-likeness (QED) is 0.628. The average Bonchev–Trinajstić information content (AvgIpc) is 2.87. The molecule has 9 nitrogen and oxygen atoms in total. The number of amides is 2. The Hall–Kier alpha value is -3.10. The maximum Gasteiger partial charge on any atom is 0.427 e. The van der Waals surface area contributed by atoms with Gasteiger partial charge in [-0.2, -0.15) is 0 Å². The van der Waals surface area contributed by atoms with Crippen LogP contribution in [0.25, 0.3) is 0 Å². The van der Waals surface area contributed by atoms with Crippen LogP contribution in [0.1, 0.15) is 13.3 Å². The fraction of sp³-hybridized carbons (Fsp3) is 0.286. The third-order valence-electron chi connectivity index (χ3n) is 2.88. The van der Waals surface area contributed by atoms with Crippen LogP contribution in [-0.2, 0) is 7.05 Å². The summed E-state index contributed by atoms with van der Waals surface area (Å²) in [6.07, 6.45) is 2.13. The summed E-state index contributed by atoms with van der Waals surface area (Å²) in [6, 6.07) is 6.24. The highest BCUT2D eigenvalue weighted by Gasteiger charge is 2.22. The van der Waals surface area contributed by atoms with Gasteiger partial charge in [0.25, 0.3) is 0 Å². The van der Waals surface area contributed by atoms with Crippen LogP contribution in [0.5, 0.6) is 11.6 Å². The van der Waals surface area contributed by atoms with Crippen molar-refractivity contribution < 1.29 is 14.5 Å². The van der Waals surface area contributed by atoms with Gasteiger partial charge in [-0.15, -0.1) is 0 Å². The summed E-state index contributed by atoms with van der Waals surface area (Å²) < 4.78 is 6.94. The number of carbonyl (C=O) groups excluding carboxylic acids is 1. The Balaban J connectivity index is 2.13. The molecular weight excluding hydrogens is 302 g/mol. The van der Waals surface area contributed by atoms with Crippen LogP contribution in [-0.4, -0.2) is 27.1 Å². The summed E-state index contributed by atoms with van der Waals surface area (Å²) >= 11 is 0. The molecule has 23 heavy (non-hydrogen) atoms. The zero-order valence-electron chi connectivity index (χ0n) is 12.8. The second-order valence-electron chi connectivity index (χ2n) is 4.75. The molecule has 1 heterocycles. The lowest BCUT2D eigenvalue weighted by atomic mass is 10.3. The van der Waals surface area contributed by atoms with Crippen LogP contribution >= 0.6 is 0 Å². The maximum absolute atomic E-state index is 11.6. The Morgan fingerprint density at radius 2 is 2.26 bits per heavy atom. The van der Waals surface area contributed by atoms with Gasteiger partial charge in [-0.25, -0.2) is 4.79 Å². The van der Waals surface area contributed by atoms with Crippen LogP contribution in [0.2, 0.25) is 0 Å². The van der Waals surface area contributed by atoms with Crippen molar-refractivity contribution in [1.29, 1.82) is 0 Å². The first-order valence-corrected chi connectivity index (χ1v) is 6.99. The molecule has 2 amide bonds. The highest BCUT2D eigenvalue weighted by atomic mass is 16.6. The van der Waals surface area contributed by atoms with Crippen molar-refractivity contribution in [1.82, 2.24) is 14.9 Å². The number of anilines is 1. The van der Waals surface area contributed by atoms with E-state index in [4.69, 9.17) is 4.74 Å². The first-order valence-electron chi connectivity index (χ1n) is 6.99. The number of ether oxygens (including phenoxy) is 1. The molecule has 0 radical (unpaired) electrons. The number of carbonyl (C=O) groups is 1.